The lowest BCUT2D eigenvalue weighted by Crippen LogP contribution is -2.63. The van der Waals surface area contributed by atoms with Crippen LogP contribution in [0, 0.1) is 0 Å². The van der Waals surface area contributed by atoms with Crippen molar-refractivity contribution in [3.8, 4) is 5.75 Å². The van der Waals surface area contributed by atoms with Crippen LogP contribution in [0.5, 0.6) is 5.75 Å². The minimum Gasteiger partial charge on any atom is -0.492 e. The third-order valence-electron chi connectivity index (χ3n) is 8.52. The average molecular weight is 511 g/mol. The van der Waals surface area contributed by atoms with Gasteiger partial charge in [0.25, 0.3) is 5.91 Å². The molecule has 0 aromatic heterocycles. The number of carbonyl (C=O) groups is 4. The summed E-state index contributed by atoms with van der Waals surface area (Å²) >= 11 is 0. The molecule has 198 valence electrons. The van der Waals surface area contributed by atoms with Crippen LogP contribution in [-0.4, -0.2) is 89.0 Å². The second kappa shape index (κ2) is 8.44. The van der Waals surface area contributed by atoms with Gasteiger partial charge in [-0.3, -0.25) is 24.6 Å². The first-order valence-electron chi connectivity index (χ1n) is 13.2. The number of piperidine rings is 2. The smallest absolute Gasteiger partial charge is 0.410 e. The molecule has 0 bridgehead atoms. The third kappa shape index (κ3) is 4.05. The van der Waals surface area contributed by atoms with E-state index in [1.54, 1.807) is 9.80 Å². The lowest BCUT2D eigenvalue weighted by atomic mass is 9.73. The maximum atomic E-state index is 13.2. The van der Waals surface area contributed by atoms with Gasteiger partial charge in [0.05, 0.1) is 13.2 Å². The topological polar surface area (TPSA) is 108 Å². The van der Waals surface area contributed by atoms with Gasteiger partial charge >= 0.3 is 6.09 Å². The zero-order chi connectivity index (χ0) is 26.1. The number of fused-ring (bicyclic) bond motifs is 4. The molecule has 5 heterocycles. The predicted molar refractivity (Wildman–Crippen MR) is 132 cm³/mol. The minimum absolute atomic E-state index is 0.0828. The highest BCUT2D eigenvalue weighted by Crippen LogP contribution is 2.50. The maximum absolute atomic E-state index is 13.2. The van der Waals surface area contributed by atoms with Crippen LogP contribution < -0.4 is 10.1 Å². The summed E-state index contributed by atoms with van der Waals surface area (Å²) in [6.07, 6.45) is 2.24. The monoisotopic (exact) mass is 510 g/mol. The first-order valence-corrected chi connectivity index (χ1v) is 13.2. The first-order chi connectivity index (χ1) is 17.5. The lowest BCUT2D eigenvalue weighted by Gasteiger charge is -2.49. The van der Waals surface area contributed by atoms with Crippen LogP contribution >= 0.6 is 0 Å². The molecule has 1 N–H and O–H groups in total. The second-order valence-electron chi connectivity index (χ2n) is 12.0. The van der Waals surface area contributed by atoms with Crippen molar-refractivity contribution in [2.45, 2.75) is 76.1 Å². The Morgan fingerprint density at radius 1 is 1.14 bits per heavy atom. The Hall–Kier alpha value is -3.14. The Morgan fingerprint density at radius 2 is 1.86 bits per heavy atom. The zero-order valence-electron chi connectivity index (χ0n) is 21.7. The summed E-state index contributed by atoms with van der Waals surface area (Å²) in [6.45, 7) is 9.80. The Morgan fingerprint density at radius 3 is 2.54 bits per heavy atom. The number of carbonyl (C=O) groups excluding carboxylic acids is 4. The van der Waals surface area contributed by atoms with E-state index in [0.29, 0.717) is 44.3 Å². The van der Waals surface area contributed by atoms with Gasteiger partial charge in [-0.15, -0.1) is 0 Å². The number of likely N-dealkylation sites (tertiary alicyclic amines) is 2. The largest absolute Gasteiger partial charge is 0.492 e. The maximum Gasteiger partial charge on any atom is 0.410 e. The number of nitrogens with zero attached hydrogens (tertiary/aromatic N) is 3. The van der Waals surface area contributed by atoms with Crippen LogP contribution in [0.3, 0.4) is 0 Å². The van der Waals surface area contributed by atoms with Gasteiger partial charge in [-0.25, -0.2) is 4.79 Å². The molecule has 0 saturated carbocycles. The van der Waals surface area contributed by atoms with Gasteiger partial charge in [0.2, 0.25) is 11.8 Å². The number of nitrogens with one attached hydrogen (secondary N) is 1. The minimum atomic E-state index is -0.630. The molecule has 10 nitrogen and oxygen atoms in total. The van der Waals surface area contributed by atoms with Crippen LogP contribution in [0.25, 0.3) is 0 Å². The van der Waals surface area contributed by atoms with E-state index in [0.717, 1.165) is 42.8 Å². The number of hydrogen-bond donors (Lipinski definition) is 1. The Balaban J connectivity index is 1.11. The average Bonchev–Trinajstić information content (AvgIpc) is 3.31. The van der Waals surface area contributed by atoms with Crippen molar-refractivity contribution in [1.82, 2.24) is 20.0 Å². The van der Waals surface area contributed by atoms with Gasteiger partial charge in [0, 0.05) is 47.7 Å². The number of hydrogen-bond acceptors (Lipinski definition) is 7. The standard InChI is InChI=1S/C27H34N4O6/c1-26(2,3)37-25(35)30-12-16(13-30)29-10-8-27(9-11-29)15-36-22-18-14-31(20-6-7-21(32)28-23(20)33)24(34)17(18)4-5-19(22)27/h4-5,16,20H,6-15H2,1-3H3,(H,28,32,33)/t20-/m1/s1. The SMILES string of the molecule is CC(C)(C)OC(=O)N1CC(N2CCC3(CC2)COc2c3ccc3c2CN([C@@H]2CCC(=O)NC2=O)C3=O)C1. The van der Waals surface area contributed by atoms with Gasteiger partial charge < -0.3 is 19.3 Å². The second-order valence-corrected chi connectivity index (χ2v) is 12.0. The fraction of sp³-hybridized carbons (Fsp3) is 0.630. The molecule has 1 aromatic carbocycles. The van der Waals surface area contributed by atoms with Crippen LogP contribution in [0.15, 0.2) is 12.1 Å². The van der Waals surface area contributed by atoms with E-state index in [1.807, 2.05) is 32.9 Å². The summed E-state index contributed by atoms with van der Waals surface area (Å²) in [6, 6.07) is 3.65. The Kier molecular flexibility index (Phi) is 5.52. The molecule has 5 aliphatic heterocycles. The molecule has 3 saturated heterocycles. The Labute approximate surface area is 216 Å². The quantitative estimate of drug-likeness (QED) is 0.605. The van der Waals surface area contributed by atoms with E-state index in [9.17, 15) is 19.2 Å². The predicted octanol–water partition coefficient (Wildman–Crippen LogP) is 1.79. The summed E-state index contributed by atoms with van der Waals surface area (Å²) in [4.78, 5) is 55.2. The highest BCUT2D eigenvalue weighted by molar-refractivity contribution is 6.05. The molecule has 1 spiro atoms. The van der Waals surface area contributed by atoms with Crippen molar-refractivity contribution in [3.05, 3.63) is 28.8 Å². The van der Waals surface area contributed by atoms with Crippen LogP contribution in [0.1, 0.15) is 67.9 Å². The molecule has 10 heteroatoms. The highest BCUT2D eigenvalue weighted by atomic mass is 16.6. The molecule has 0 aliphatic carbocycles. The van der Waals surface area contributed by atoms with Gasteiger partial charge in [-0.1, -0.05) is 6.07 Å². The fourth-order valence-corrected chi connectivity index (χ4v) is 6.38. The van der Waals surface area contributed by atoms with Crippen LogP contribution in [0.4, 0.5) is 4.79 Å². The summed E-state index contributed by atoms with van der Waals surface area (Å²) in [5.41, 5.74) is 2.04. The molecule has 5 aliphatic rings. The van der Waals surface area contributed by atoms with E-state index in [4.69, 9.17) is 9.47 Å². The van der Waals surface area contributed by atoms with E-state index in [1.165, 1.54) is 0 Å². The summed E-state index contributed by atoms with van der Waals surface area (Å²) in [5, 5.41) is 2.36. The van der Waals surface area contributed by atoms with Gasteiger partial charge in [0.15, 0.2) is 0 Å². The molecule has 4 amide bonds. The van der Waals surface area contributed by atoms with E-state index >= 15 is 0 Å². The first kappa shape index (κ1) is 24.2. The van der Waals surface area contributed by atoms with Gasteiger partial charge in [0.1, 0.15) is 17.4 Å². The third-order valence-corrected chi connectivity index (χ3v) is 8.52. The fourth-order valence-electron chi connectivity index (χ4n) is 6.38. The van der Waals surface area contributed by atoms with Crippen molar-refractivity contribution in [1.29, 1.82) is 0 Å². The molecule has 37 heavy (non-hydrogen) atoms. The molecular formula is C27H34N4O6. The normalized spacial score (nSPS) is 25.5. The van der Waals surface area contributed by atoms with Crippen molar-refractivity contribution < 1.29 is 28.7 Å². The lowest BCUT2D eigenvalue weighted by molar-refractivity contribution is -0.136. The number of imide groups is 1. The summed E-state index contributed by atoms with van der Waals surface area (Å²) < 4.78 is 11.8. The van der Waals surface area contributed by atoms with Crippen molar-refractivity contribution >= 4 is 23.8 Å². The van der Waals surface area contributed by atoms with Crippen LogP contribution in [-0.2, 0) is 26.3 Å². The van der Waals surface area contributed by atoms with Crippen LogP contribution in [0.2, 0.25) is 0 Å². The molecule has 0 unspecified atom stereocenters. The van der Waals surface area contributed by atoms with Crippen molar-refractivity contribution in [2.75, 3.05) is 32.8 Å². The van der Waals surface area contributed by atoms with Gasteiger partial charge in [-0.2, -0.15) is 0 Å². The number of ether oxygens (including phenoxy) is 2. The molecule has 1 aromatic rings. The van der Waals surface area contributed by atoms with E-state index in [-0.39, 0.29) is 29.7 Å². The molecular weight excluding hydrogens is 476 g/mol. The number of rotatable bonds is 2. The molecule has 3 fully saturated rings. The van der Waals surface area contributed by atoms with Gasteiger partial charge in [-0.05, 0) is 59.2 Å². The molecule has 6 rings (SSSR count). The molecule has 0 radical (unpaired) electrons. The molecule has 1 atom stereocenters. The number of benzene rings is 1. The summed E-state index contributed by atoms with van der Waals surface area (Å²) in [7, 11) is 0. The number of amides is 4. The Bertz CT molecular complexity index is 1180. The van der Waals surface area contributed by atoms with E-state index < -0.39 is 17.6 Å². The van der Waals surface area contributed by atoms with E-state index in [2.05, 4.69) is 10.2 Å². The summed E-state index contributed by atoms with van der Waals surface area (Å²) in [5.74, 6) is -0.0672. The van der Waals surface area contributed by atoms with Crippen molar-refractivity contribution in [3.63, 3.8) is 0 Å². The van der Waals surface area contributed by atoms with Crippen molar-refractivity contribution in [2.24, 2.45) is 0 Å². The highest BCUT2D eigenvalue weighted by Gasteiger charge is 2.49. The zero-order valence-corrected chi connectivity index (χ0v) is 21.7.